The van der Waals surface area contributed by atoms with E-state index in [4.69, 9.17) is 0 Å². The maximum atomic E-state index is 11.9. The van der Waals surface area contributed by atoms with Crippen molar-refractivity contribution in [2.45, 2.75) is 51.5 Å². The lowest BCUT2D eigenvalue weighted by molar-refractivity contribution is -0.122. The number of rotatable bonds is 6. The van der Waals surface area contributed by atoms with Crippen LogP contribution in [0.5, 0.6) is 0 Å². The van der Waals surface area contributed by atoms with E-state index in [0.717, 1.165) is 26.1 Å². The van der Waals surface area contributed by atoms with Crippen molar-refractivity contribution in [1.29, 1.82) is 0 Å². The third-order valence-corrected chi connectivity index (χ3v) is 4.33. The number of hydrogen-bond donors (Lipinski definition) is 2. The van der Waals surface area contributed by atoms with Gasteiger partial charge in [0.1, 0.15) is 0 Å². The molecule has 0 saturated carbocycles. The van der Waals surface area contributed by atoms with Gasteiger partial charge in [-0.1, -0.05) is 6.42 Å². The molecule has 2 rings (SSSR count). The zero-order chi connectivity index (χ0) is 13.5. The van der Waals surface area contributed by atoms with Crippen LogP contribution in [0, 0.1) is 5.92 Å². The summed E-state index contributed by atoms with van der Waals surface area (Å²) in [5, 5.41) is 6.50. The van der Waals surface area contributed by atoms with Crippen LogP contribution in [-0.2, 0) is 4.79 Å². The number of carbonyl (C=O) groups is 1. The molecule has 2 aliphatic rings. The Balaban J connectivity index is 1.57. The highest BCUT2D eigenvalue weighted by atomic mass is 16.1. The molecule has 0 aromatic rings. The molecule has 110 valence electrons. The van der Waals surface area contributed by atoms with Crippen LogP contribution in [0.15, 0.2) is 0 Å². The van der Waals surface area contributed by atoms with E-state index in [2.05, 4.69) is 22.5 Å². The van der Waals surface area contributed by atoms with Crippen LogP contribution in [0.4, 0.5) is 0 Å². The molecule has 4 nitrogen and oxygen atoms in total. The molecule has 0 spiro atoms. The Labute approximate surface area is 117 Å². The van der Waals surface area contributed by atoms with Gasteiger partial charge in [0.25, 0.3) is 0 Å². The molecular formula is C15H29N3O. The van der Waals surface area contributed by atoms with Gasteiger partial charge in [0.15, 0.2) is 0 Å². The van der Waals surface area contributed by atoms with Gasteiger partial charge in [-0.3, -0.25) is 4.79 Å². The summed E-state index contributed by atoms with van der Waals surface area (Å²) < 4.78 is 0. The average molecular weight is 267 g/mol. The second kappa shape index (κ2) is 7.85. The number of piperidine rings is 1. The number of hydrogen-bond acceptors (Lipinski definition) is 3. The van der Waals surface area contributed by atoms with Gasteiger partial charge in [0, 0.05) is 19.0 Å². The maximum Gasteiger partial charge on any atom is 0.220 e. The number of nitrogens with one attached hydrogen (secondary N) is 2. The van der Waals surface area contributed by atoms with Crippen molar-refractivity contribution in [3.05, 3.63) is 0 Å². The van der Waals surface area contributed by atoms with Crippen molar-refractivity contribution in [3.8, 4) is 0 Å². The molecule has 0 radical (unpaired) electrons. The third-order valence-electron chi connectivity index (χ3n) is 4.33. The van der Waals surface area contributed by atoms with Crippen molar-refractivity contribution in [2.24, 2.45) is 5.92 Å². The molecule has 2 aliphatic heterocycles. The minimum absolute atomic E-state index is 0.233. The molecule has 4 heteroatoms. The van der Waals surface area contributed by atoms with Gasteiger partial charge >= 0.3 is 0 Å². The molecule has 2 heterocycles. The van der Waals surface area contributed by atoms with Crippen LogP contribution in [0.3, 0.4) is 0 Å². The second-order valence-corrected chi connectivity index (χ2v) is 6.23. The van der Waals surface area contributed by atoms with Gasteiger partial charge in [-0.15, -0.1) is 0 Å². The fourth-order valence-corrected chi connectivity index (χ4v) is 3.22. The molecule has 0 aromatic heterocycles. The first-order valence-corrected chi connectivity index (χ1v) is 7.96. The van der Waals surface area contributed by atoms with E-state index in [9.17, 15) is 4.79 Å². The molecule has 1 amide bonds. The lowest BCUT2D eigenvalue weighted by atomic mass is 10.0. The van der Waals surface area contributed by atoms with Gasteiger partial charge in [-0.05, 0) is 64.7 Å². The lowest BCUT2D eigenvalue weighted by Gasteiger charge is -2.29. The maximum absolute atomic E-state index is 11.9. The largest absolute Gasteiger partial charge is 0.352 e. The van der Waals surface area contributed by atoms with Crippen LogP contribution in [0.25, 0.3) is 0 Å². The smallest absolute Gasteiger partial charge is 0.220 e. The fraction of sp³-hybridized carbons (Fsp3) is 0.933. The number of likely N-dealkylation sites (tertiary alicyclic amines) is 1. The van der Waals surface area contributed by atoms with Crippen molar-refractivity contribution in [1.82, 2.24) is 15.5 Å². The summed E-state index contributed by atoms with van der Waals surface area (Å²) in [5.74, 6) is 0.944. The van der Waals surface area contributed by atoms with Gasteiger partial charge in [-0.25, -0.2) is 0 Å². The van der Waals surface area contributed by atoms with E-state index in [-0.39, 0.29) is 11.9 Å². The standard InChI is InChI=1S/C15H29N3O/c1-13(12-18-9-3-2-4-10-18)17-15(19)6-5-14-7-8-16-11-14/h13-14,16H,2-12H2,1H3,(H,17,19). The predicted molar refractivity (Wildman–Crippen MR) is 78.1 cm³/mol. The van der Waals surface area contributed by atoms with E-state index >= 15 is 0 Å². The minimum Gasteiger partial charge on any atom is -0.352 e. The quantitative estimate of drug-likeness (QED) is 0.764. The normalized spacial score (nSPS) is 26.3. The zero-order valence-corrected chi connectivity index (χ0v) is 12.3. The number of amides is 1. The Morgan fingerprint density at radius 2 is 2.16 bits per heavy atom. The van der Waals surface area contributed by atoms with Crippen LogP contribution < -0.4 is 10.6 Å². The molecule has 2 atom stereocenters. The summed E-state index contributed by atoms with van der Waals surface area (Å²) in [5.41, 5.74) is 0. The van der Waals surface area contributed by atoms with Crippen molar-refractivity contribution in [2.75, 3.05) is 32.7 Å². The van der Waals surface area contributed by atoms with Crippen LogP contribution in [-0.4, -0.2) is 49.6 Å². The Bertz CT molecular complexity index is 271. The van der Waals surface area contributed by atoms with E-state index in [1.54, 1.807) is 0 Å². The molecule has 2 N–H and O–H groups in total. The van der Waals surface area contributed by atoms with Crippen LogP contribution in [0.2, 0.25) is 0 Å². The monoisotopic (exact) mass is 267 g/mol. The molecular weight excluding hydrogens is 238 g/mol. The Hall–Kier alpha value is -0.610. The van der Waals surface area contributed by atoms with Gasteiger partial charge in [0.05, 0.1) is 0 Å². The van der Waals surface area contributed by atoms with Gasteiger partial charge in [-0.2, -0.15) is 0 Å². The highest BCUT2D eigenvalue weighted by molar-refractivity contribution is 5.76. The first-order chi connectivity index (χ1) is 9.24. The SMILES string of the molecule is CC(CN1CCCCC1)NC(=O)CCC1CCNC1. The average Bonchev–Trinajstić information content (AvgIpc) is 2.90. The molecule has 2 saturated heterocycles. The lowest BCUT2D eigenvalue weighted by Crippen LogP contribution is -2.43. The fourth-order valence-electron chi connectivity index (χ4n) is 3.22. The van der Waals surface area contributed by atoms with Crippen molar-refractivity contribution < 1.29 is 4.79 Å². The molecule has 2 fully saturated rings. The molecule has 0 bridgehead atoms. The summed E-state index contributed by atoms with van der Waals surface area (Å²) in [6.07, 6.45) is 6.96. The van der Waals surface area contributed by atoms with Gasteiger partial charge < -0.3 is 15.5 Å². The molecule has 0 aliphatic carbocycles. The summed E-state index contributed by atoms with van der Waals surface area (Å²) >= 11 is 0. The van der Waals surface area contributed by atoms with E-state index < -0.39 is 0 Å². The number of nitrogens with zero attached hydrogens (tertiary/aromatic N) is 1. The summed E-state index contributed by atoms with van der Waals surface area (Å²) in [6, 6.07) is 0.285. The molecule has 0 aromatic carbocycles. The third kappa shape index (κ3) is 5.49. The van der Waals surface area contributed by atoms with E-state index in [1.807, 2.05) is 0 Å². The predicted octanol–water partition coefficient (Wildman–Crippen LogP) is 1.37. The Kier molecular flexibility index (Phi) is 6.11. The zero-order valence-electron chi connectivity index (χ0n) is 12.3. The number of carbonyl (C=O) groups excluding carboxylic acids is 1. The van der Waals surface area contributed by atoms with Crippen LogP contribution in [0.1, 0.15) is 45.4 Å². The first kappa shape index (κ1) is 14.8. The first-order valence-electron chi connectivity index (χ1n) is 7.96. The Morgan fingerprint density at radius 1 is 1.37 bits per heavy atom. The topological polar surface area (TPSA) is 44.4 Å². The summed E-state index contributed by atoms with van der Waals surface area (Å²) in [6.45, 7) is 7.76. The minimum atomic E-state index is 0.233. The second-order valence-electron chi connectivity index (χ2n) is 6.23. The molecule has 19 heavy (non-hydrogen) atoms. The van der Waals surface area contributed by atoms with Crippen molar-refractivity contribution in [3.63, 3.8) is 0 Å². The molecule has 2 unspecified atom stereocenters. The summed E-state index contributed by atoms with van der Waals surface area (Å²) in [7, 11) is 0. The summed E-state index contributed by atoms with van der Waals surface area (Å²) in [4.78, 5) is 14.4. The van der Waals surface area contributed by atoms with E-state index in [0.29, 0.717) is 12.3 Å². The Morgan fingerprint density at radius 3 is 2.84 bits per heavy atom. The van der Waals surface area contributed by atoms with Crippen molar-refractivity contribution >= 4 is 5.91 Å². The van der Waals surface area contributed by atoms with Gasteiger partial charge in [0.2, 0.25) is 5.91 Å². The highest BCUT2D eigenvalue weighted by Gasteiger charge is 2.17. The highest BCUT2D eigenvalue weighted by Crippen LogP contribution is 2.14. The van der Waals surface area contributed by atoms with E-state index in [1.165, 1.54) is 38.8 Å². The van der Waals surface area contributed by atoms with Crippen LogP contribution >= 0.6 is 0 Å².